The summed E-state index contributed by atoms with van der Waals surface area (Å²) in [6.45, 7) is 5.09. The first-order valence-electron chi connectivity index (χ1n) is 18.0. The molecule has 0 radical (unpaired) electrons. The molecule has 1 heterocycles. The summed E-state index contributed by atoms with van der Waals surface area (Å²) in [5.74, 6) is -1.80. The minimum absolute atomic E-state index is 0.0187. The van der Waals surface area contributed by atoms with Crippen LogP contribution >= 0.6 is 0 Å². The van der Waals surface area contributed by atoms with Gasteiger partial charge in [-0.2, -0.15) is 0 Å². The van der Waals surface area contributed by atoms with Gasteiger partial charge in [-0.05, 0) is 69.9 Å². The minimum atomic E-state index is -1.57. The molecule has 12 nitrogen and oxygen atoms in total. The van der Waals surface area contributed by atoms with Crippen molar-refractivity contribution in [1.29, 1.82) is 0 Å². The molecule has 12 heteroatoms. The zero-order valence-corrected chi connectivity index (χ0v) is 29.8. The predicted molar refractivity (Wildman–Crippen MR) is 192 cm³/mol. The topological polar surface area (TPSA) is 187 Å². The lowest BCUT2D eigenvalue weighted by Crippen LogP contribution is -2.54. The van der Waals surface area contributed by atoms with Crippen LogP contribution in [0.4, 0.5) is 4.79 Å². The Balaban J connectivity index is 1.54. The van der Waals surface area contributed by atoms with Crippen LogP contribution in [0.3, 0.4) is 0 Å². The number of hydrogen-bond acceptors (Lipinski definition) is 9. The molecular weight excluding hydrogens is 654 g/mol. The number of hydrogen-bond donors (Lipinski definition) is 7. The monoisotopic (exact) mass is 709 g/mol. The highest BCUT2D eigenvalue weighted by molar-refractivity contribution is 5.89. The van der Waals surface area contributed by atoms with E-state index in [-0.39, 0.29) is 25.3 Å². The Morgan fingerprint density at radius 3 is 2.16 bits per heavy atom. The maximum absolute atomic E-state index is 14.2. The highest BCUT2D eigenvalue weighted by Gasteiger charge is 2.42. The number of benzene rings is 2. The van der Waals surface area contributed by atoms with Crippen LogP contribution in [-0.4, -0.2) is 93.3 Å². The lowest BCUT2D eigenvalue weighted by atomic mass is 9.83. The summed E-state index contributed by atoms with van der Waals surface area (Å²) in [7, 11) is 0. The Bertz CT molecular complexity index is 1410. The SMILES string of the molecule is CC(C)(C)OC(=O)N[C@@H](Cc1ccccc1)[C@@H](O)CC(C/C=C/c1ccccc1)C(=O)N[C@H](C(=O)NC[C@H]1OC(O)[C@H](O)[C@H]1O)C1CCCCC1. The number of amides is 3. The fourth-order valence-electron chi connectivity index (χ4n) is 6.65. The van der Waals surface area contributed by atoms with Gasteiger partial charge >= 0.3 is 6.09 Å². The molecule has 3 amide bonds. The molecule has 8 atom stereocenters. The smallest absolute Gasteiger partial charge is 0.407 e. The van der Waals surface area contributed by atoms with Gasteiger partial charge in [-0.3, -0.25) is 9.59 Å². The first-order chi connectivity index (χ1) is 24.3. The summed E-state index contributed by atoms with van der Waals surface area (Å²) in [5.41, 5.74) is 1.07. The Labute approximate surface area is 300 Å². The van der Waals surface area contributed by atoms with Gasteiger partial charge < -0.3 is 45.9 Å². The molecule has 2 fully saturated rings. The summed E-state index contributed by atoms with van der Waals surface area (Å²) < 4.78 is 10.7. The predicted octanol–water partition coefficient (Wildman–Crippen LogP) is 3.21. The highest BCUT2D eigenvalue weighted by Crippen LogP contribution is 2.28. The fourth-order valence-corrected chi connectivity index (χ4v) is 6.65. The second-order valence-corrected chi connectivity index (χ2v) is 14.7. The number of carbonyl (C=O) groups excluding carboxylic acids is 3. The largest absolute Gasteiger partial charge is 0.444 e. The van der Waals surface area contributed by atoms with E-state index < -0.39 is 72.2 Å². The quantitative estimate of drug-likeness (QED) is 0.146. The van der Waals surface area contributed by atoms with E-state index in [0.29, 0.717) is 6.42 Å². The molecule has 1 saturated heterocycles. The number of aliphatic hydroxyl groups excluding tert-OH is 4. The Morgan fingerprint density at radius 2 is 1.55 bits per heavy atom. The molecule has 1 aliphatic carbocycles. The molecule has 0 bridgehead atoms. The van der Waals surface area contributed by atoms with Crippen LogP contribution < -0.4 is 16.0 Å². The maximum Gasteiger partial charge on any atom is 0.407 e. The Hall–Kier alpha value is -3.81. The lowest BCUT2D eigenvalue weighted by molar-refractivity contribution is -0.135. The molecule has 1 saturated carbocycles. The number of ether oxygens (including phenoxy) is 2. The third-order valence-corrected chi connectivity index (χ3v) is 9.41. The molecule has 51 heavy (non-hydrogen) atoms. The van der Waals surface area contributed by atoms with Crippen molar-refractivity contribution in [2.24, 2.45) is 11.8 Å². The van der Waals surface area contributed by atoms with Crippen molar-refractivity contribution in [3.8, 4) is 0 Å². The first-order valence-corrected chi connectivity index (χ1v) is 18.0. The van der Waals surface area contributed by atoms with E-state index in [0.717, 1.165) is 43.2 Å². The lowest BCUT2D eigenvalue weighted by Gasteiger charge is -2.32. The third kappa shape index (κ3) is 12.7. The van der Waals surface area contributed by atoms with Gasteiger partial charge in [-0.15, -0.1) is 0 Å². The van der Waals surface area contributed by atoms with Gasteiger partial charge in [-0.25, -0.2) is 4.79 Å². The maximum atomic E-state index is 14.2. The van der Waals surface area contributed by atoms with Crippen molar-refractivity contribution in [3.05, 3.63) is 77.9 Å². The van der Waals surface area contributed by atoms with Crippen molar-refractivity contribution < 1.29 is 44.3 Å². The standard InChI is InChI=1S/C39H55N3O9/c1-39(2,3)51-38(49)41-29(22-26-16-9-5-10-17-26)30(43)23-28(21-13-18-25-14-7-4-8-15-25)35(46)42-32(27-19-11-6-12-20-27)36(47)40-24-31-33(44)34(45)37(48)50-31/h4-5,7-10,13-18,27-34,37,43-45,48H,6,11-12,19-24H2,1-3H3,(H,40,47)(H,41,49)(H,42,46)/b18-13+/t28?,29-,30-,31+,32-,33-,34+,37?/m0/s1. The second kappa shape index (κ2) is 19.1. The summed E-state index contributed by atoms with van der Waals surface area (Å²) in [6, 6.07) is 17.3. The van der Waals surface area contributed by atoms with Crippen LogP contribution in [0, 0.1) is 11.8 Å². The van der Waals surface area contributed by atoms with Crippen molar-refractivity contribution >= 4 is 24.0 Å². The van der Waals surface area contributed by atoms with Crippen LogP contribution in [0.15, 0.2) is 66.7 Å². The summed E-state index contributed by atoms with van der Waals surface area (Å²) >= 11 is 0. The van der Waals surface area contributed by atoms with E-state index in [1.165, 1.54) is 0 Å². The molecule has 2 aromatic carbocycles. The number of allylic oxidation sites excluding steroid dienone is 1. The third-order valence-electron chi connectivity index (χ3n) is 9.41. The number of nitrogens with one attached hydrogen (secondary N) is 3. The van der Waals surface area contributed by atoms with Crippen LogP contribution in [0.1, 0.15) is 76.8 Å². The van der Waals surface area contributed by atoms with E-state index in [1.807, 2.05) is 72.8 Å². The first kappa shape index (κ1) is 40.0. The van der Waals surface area contributed by atoms with Gasteiger partial charge in [0.25, 0.3) is 0 Å². The highest BCUT2D eigenvalue weighted by atomic mass is 16.6. The van der Waals surface area contributed by atoms with Crippen molar-refractivity contribution in [2.75, 3.05) is 6.54 Å². The molecule has 4 rings (SSSR count). The molecule has 280 valence electrons. The van der Waals surface area contributed by atoms with Gasteiger partial charge in [0.1, 0.15) is 30.0 Å². The molecule has 7 N–H and O–H groups in total. The van der Waals surface area contributed by atoms with E-state index in [2.05, 4.69) is 16.0 Å². The van der Waals surface area contributed by atoms with Crippen molar-refractivity contribution in [3.63, 3.8) is 0 Å². The number of rotatable bonds is 15. The minimum Gasteiger partial charge on any atom is -0.444 e. The fraction of sp³-hybridized carbons (Fsp3) is 0.564. The van der Waals surface area contributed by atoms with E-state index in [1.54, 1.807) is 20.8 Å². The Morgan fingerprint density at radius 1 is 0.902 bits per heavy atom. The molecule has 2 aromatic rings. The molecular formula is C39H55N3O9. The van der Waals surface area contributed by atoms with E-state index >= 15 is 0 Å². The van der Waals surface area contributed by atoms with E-state index in [4.69, 9.17) is 9.47 Å². The van der Waals surface area contributed by atoms with Crippen LogP contribution in [0.5, 0.6) is 0 Å². The van der Waals surface area contributed by atoms with Crippen molar-refractivity contribution in [1.82, 2.24) is 16.0 Å². The zero-order valence-electron chi connectivity index (χ0n) is 29.8. The van der Waals surface area contributed by atoms with Crippen LogP contribution in [0.2, 0.25) is 0 Å². The van der Waals surface area contributed by atoms with Crippen LogP contribution in [0.25, 0.3) is 6.08 Å². The number of alkyl carbamates (subject to hydrolysis) is 1. The molecule has 2 aliphatic rings. The Kier molecular flexibility index (Phi) is 15.0. The van der Waals surface area contributed by atoms with Gasteiger partial charge in [0.05, 0.1) is 12.1 Å². The zero-order chi connectivity index (χ0) is 37.0. The van der Waals surface area contributed by atoms with E-state index in [9.17, 15) is 34.8 Å². The second-order valence-electron chi connectivity index (χ2n) is 14.7. The summed E-state index contributed by atoms with van der Waals surface area (Å²) in [4.78, 5) is 40.8. The molecule has 0 spiro atoms. The van der Waals surface area contributed by atoms with Gasteiger partial charge in [0.2, 0.25) is 11.8 Å². The molecule has 2 unspecified atom stereocenters. The van der Waals surface area contributed by atoms with Gasteiger partial charge in [-0.1, -0.05) is 92.1 Å². The summed E-state index contributed by atoms with van der Waals surface area (Å²) in [5, 5.41) is 50.1. The average molecular weight is 710 g/mol. The van der Waals surface area contributed by atoms with Crippen molar-refractivity contribution in [2.45, 2.75) is 121 Å². The average Bonchev–Trinajstić information content (AvgIpc) is 3.35. The normalized spacial score (nSPS) is 23.6. The molecule has 1 aliphatic heterocycles. The number of carbonyl (C=O) groups is 3. The number of aliphatic hydroxyl groups is 4. The molecule has 0 aromatic heterocycles. The van der Waals surface area contributed by atoms with Crippen LogP contribution in [-0.2, 0) is 25.5 Å². The van der Waals surface area contributed by atoms with Gasteiger partial charge in [0, 0.05) is 12.5 Å². The summed E-state index contributed by atoms with van der Waals surface area (Å²) in [6.07, 6.45) is 1.30. The van der Waals surface area contributed by atoms with Gasteiger partial charge in [0.15, 0.2) is 6.29 Å².